The van der Waals surface area contributed by atoms with E-state index in [4.69, 9.17) is 5.11 Å². The lowest BCUT2D eigenvalue weighted by atomic mass is 9.99. The lowest BCUT2D eigenvalue weighted by molar-refractivity contribution is -0.140. The second-order valence-corrected chi connectivity index (χ2v) is 4.43. The van der Waals surface area contributed by atoms with E-state index < -0.39 is 40.9 Å². The van der Waals surface area contributed by atoms with Crippen molar-refractivity contribution in [3.8, 4) is 0 Å². The molecule has 0 aliphatic rings. The number of nitrogens with one attached hydrogen (secondary N) is 1. The summed E-state index contributed by atoms with van der Waals surface area (Å²) in [5, 5.41) is 11.2. The molecule has 1 aromatic carbocycles. The quantitative estimate of drug-likeness (QED) is 0.818. The summed E-state index contributed by atoms with van der Waals surface area (Å²) >= 11 is 0. The number of carbonyl (C=O) groups is 2. The molecular formula is C13H14F3NO3. The number of benzene rings is 1. The maximum absolute atomic E-state index is 13.0. The van der Waals surface area contributed by atoms with E-state index in [9.17, 15) is 22.8 Å². The standard InChI is InChI=1S/C13H14F3NO3/c1-3-6(2)11(13(19)20)17-12(18)7-4-8(14)10(16)9(15)5-7/h4-6,11H,3H2,1-2H3,(H,17,18)(H,19,20)/t6-,11-/m0/s1. The highest BCUT2D eigenvalue weighted by Gasteiger charge is 2.26. The van der Waals surface area contributed by atoms with Crippen molar-refractivity contribution in [1.82, 2.24) is 5.32 Å². The third-order valence-corrected chi connectivity index (χ3v) is 3.01. The minimum absolute atomic E-state index is 0.369. The van der Waals surface area contributed by atoms with Gasteiger partial charge in [-0.3, -0.25) is 4.79 Å². The third kappa shape index (κ3) is 3.49. The number of halogens is 3. The van der Waals surface area contributed by atoms with Gasteiger partial charge in [0.15, 0.2) is 17.5 Å². The Morgan fingerprint density at radius 3 is 2.15 bits per heavy atom. The van der Waals surface area contributed by atoms with Crippen molar-refractivity contribution >= 4 is 11.9 Å². The van der Waals surface area contributed by atoms with Crippen LogP contribution in [0.1, 0.15) is 30.6 Å². The molecule has 0 saturated carbocycles. The summed E-state index contributed by atoms with van der Waals surface area (Å²) in [7, 11) is 0. The van der Waals surface area contributed by atoms with Crippen LogP contribution in [0, 0.1) is 23.4 Å². The highest BCUT2D eigenvalue weighted by molar-refractivity contribution is 5.96. The molecule has 0 aliphatic carbocycles. The van der Waals surface area contributed by atoms with Gasteiger partial charge >= 0.3 is 5.97 Å². The molecule has 1 amide bonds. The van der Waals surface area contributed by atoms with Crippen molar-refractivity contribution in [1.29, 1.82) is 0 Å². The van der Waals surface area contributed by atoms with Crippen molar-refractivity contribution in [3.05, 3.63) is 35.1 Å². The minimum Gasteiger partial charge on any atom is -0.480 e. The molecule has 2 N–H and O–H groups in total. The van der Waals surface area contributed by atoms with E-state index in [1.807, 2.05) is 0 Å². The summed E-state index contributed by atoms with van der Waals surface area (Å²) < 4.78 is 38.8. The van der Waals surface area contributed by atoms with Gasteiger partial charge in [-0.15, -0.1) is 0 Å². The number of hydrogen-bond donors (Lipinski definition) is 2. The first-order chi connectivity index (χ1) is 9.27. The predicted molar refractivity (Wildman–Crippen MR) is 64.7 cm³/mol. The van der Waals surface area contributed by atoms with E-state index in [1.54, 1.807) is 13.8 Å². The van der Waals surface area contributed by atoms with Crippen LogP contribution in [0.3, 0.4) is 0 Å². The summed E-state index contributed by atoms with van der Waals surface area (Å²) in [6.07, 6.45) is 0.489. The first-order valence-electron chi connectivity index (χ1n) is 5.96. The maximum atomic E-state index is 13.0. The SMILES string of the molecule is CC[C@H](C)[C@H](NC(=O)c1cc(F)c(F)c(F)c1)C(=O)O. The van der Waals surface area contributed by atoms with Crippen molar-refractivity contribution in [2.75, 3.05) is 0 Å². The second kappa shape index (κ2) is 6.40. The van der Waals surface area contributed by atoms with E-state index in [0.29, 0.717) is 18.6 Å². The maximum Gasteiger partial charge on any atom is 0.326 e. The zero-order valence-electron chi connectivity index (χ0n) is 10.9. The van der Waals surface area contributed by atoms with E-state index in [0.717, 1.165) is 0 Å². The fraction of sp³-hybridized carbons (Fsp3) is 0.385. The van der Waals surface area contributed by atoms with Gasteiger partial charge in [0.1, 0.15) is 6.04 Å². The Morgan fingerprint density at radius 1 is 1.25 bits per heavy atom. The van der Waals surface area contributed by atoms with Gasteiger partial charge in [-0.2, -0.15) is 0 Å². The zero-order valence-corrected chi connectivity index (χ0v) is 10.9. The lowest BCUT2D eigenvalue weighted by Gasteiger charge is -2.20. The molecule has 2 atom stereocenters. The number of carbonyl (C=O) groups excluding carboxylic acids is 1. The van der Waals surface area contributed by atoms with Crippen LogP contribution in [0.15, 0.2) is 12.1 Å². The number of rotatable bonds is 5. The van der Waals surface area contributed by atoms with Crippen LogP contribution in [0.4, 0.5) is 13.2 Å². The molecule has 7 heteroatoms. The lowest BCUT2D eigenvalue weighted by Crippen LogP contribution is -2.45. The summed E-state index contributed by atoms with van der Waals surface area (Å²) in [6.45, 7) is 3.36. The molecule has 0 bridgehead atoms. The molecule has 1 aromatic rings. The van der Waals surface area contributed by atoms with Gasteiger partial charge in [0.05, 0.1) is 0 Å². The van der Waals surface area contributed by atoms with Crippen LogP contribution in [0.5, 0.6) is 0 Å². The molecule has 0 spiro atoms. The number of carboxylic acids is 1. The molecule has 4 nitrogen and oxygen atoms in total. The predicted octanol–water partition coefficient (Wildman–Crippen LogP) is 2.33. The summed E-state index contributed by atoms with van der Waals surface area (Å²) in [4.78, 5) is 22.8. The minimum atomic E-state index is -1.68. The second-order valence-electron chi connectivity index (χ2n) is 4.43. The highest BCUT2D eigenvalue weighted by Crippen LogP contribution is 2.15. The summed E-state index contributed by atoms with van der Waals surface area (Å²) in [5.41, 5.74) is -0.476. The topological polar surface area (TPSA) is 66.4 Å². The van der Waals surface area contributed by atoms with Crippen LogP contribution >= 0.6 is 0 Å². The molecule has 0 aromatic heterocycles. The third-order valence-electron chi connectivity index (χ3n) is 3.01. The van der Waals surface area contributed by atoms with Crippen LogP contribution in [-0.2, 0) is 4.79 Å². The van der Waals surface area contributed by atoms with E-state index in [1.165, 1.54) is 0 Å². The van der Waals surface area contributed by atoms with Crippen molar-refractivity contribution in [2.24, 2.45) is 5.92 Å². The van der Waals surface area contributed by atoms with Gasteiger partial charge in [-0.05, 0) is 18.1 Å². The van der Waals surface area contributed by atoms with Gasteiger partial charge in [-0.25, -0.2) is 18.0 Å². The molecule has 1 rings (SSSR count). The van der Waals surface area contributed by atoms with E-state index >= 15 is 0 Å². The Kier molecular flexibility index (Phi) is 5.12. The number of carboxylic acid groups (broad SMARTS) is 1. The van der Waals surface area contributed by atoms with Gasteiger partial charge in [0.25, 0.3) is 5.91 Å². The molecule has 0 heterocycles. The largest absolute Gasteiger partial charge is 0.480 e. The molecule has 0 radical (unpaired) electrons. The Balaban J connectivity index is 2.98. The molecule has 0 saturated heterocycles. The molecule has 0 aliphatic heterocycles. The molecular weight excluding hydrogens is 275 g/mol. The van der Waals surface area contributed by atoms with Gasteiger partial charge in [-0.1, -0.05) is 20.3 Å². The number of amides is 1. The van der Waals surface area contributed by atoms with Crippen molar-refractivity contribution in [2.45, 2.75) is 26.3 Å². The first-order valence-corrected chi connectivity index (χ1v) is 5.96. The Hall–Kier alpha value is -2.05. The Labute approximate surface area is 113 Å². The van der Waals surface area contributed by atoms with Gasteiger partial charge in [0, 0.05) is 5.56 Å². The summed E-state index contributed by atoms with van der Waals surface area (Å²) in [6, 6.07) is -0.157. The Bertz CT molecular complexity index is 511. The molecule has 0 fully saturated rings. The fourth-order valence-electron chi connectivity index (χ4n) is 1.59. The average molecular weight is 289 g/mol. The normalized spacial score (nSPS) is 13.7. The van der Waals surface area contributed by atoms with Gasteiger partial charge < -0.3 is 10.4 Å². The molecule has 0 unspecified atom stereocenters. The monoisotopic (exact) mass is 289 g/mol. The summed E-state index contributed by atoms with van der Waals surface area (Å²) in [5.74, 6) is -7.30. The smallest absolute Gasteiger partial charge is 0.326 e. The number of hydrogen-bond acceptors (Lipinski definition) is 2. The van der Waals surface area contributed by atoms with E-state index in [-0.39, 0.29) is 5.92 Å². The Morgan fingerprint density at radius 2 is 1.75 bits per heavy atom. The molecule has 110 valence electrons. The van der Waals surface area contributed by atoms with Crippen LogP contribution in [0.2, 0.25) is 0 Å². The zero-order chi connectivity index (χ0) is 15.4. The van der Waals surface area contributed by atoms with Crippen LogP contribution in [0.25, 0.3) is 0 Å². The first kappa shape index (κ1) is 16.0. The van der Waals surface area contributed by atoms with Crippen molar-refractivity contribution < 1.29 is 27.9 Å². The molecule has 20 heavy (non-hydrogen) atoms. The van der Waals surface area contributed by atoms with Crippen LogP contribution < -0.4 is 5.32 Å². The van der Waals surface area contributed by atoms with Crippen LogP contribution in [-0.4, -0.2) is 23.0 Å². The van der Waals surface area contributed by atoms with Gasteiger partial charge in [0.2, 0.25) is 0 Å². The average Bonchev–Trinajstić information content (AvgIpc) is 2.39. The fourth-order valence-corrected chi connectivity index (χ4v) is 1.59. The van der Waals surface area contributed by atoms with E-state index in [2.05, 4.69) is 5.32 Å². The number of aliphatic carboxylic acids is 1. The van der Waals surface area contributed by atoms with Crippen molar-refractivity contribution in [3.63, 3.8) is 0 Å². The highest BCUT2D eigenvalue weighted by atomic mass is 19.2.